The van der Waals surface area contributed by atoms with E-state index in [0.717, 1.165) is 11.2 Å². The minimum Gasteiger partial charge on any atom is -0.412 e. The minimum atomic E-state index is 0. The summed E-state index contributed by atoms with van der Waals surface area (Å²) in [5, 5.41) is 0. The number of hydrogen-bond acceptors (Lipinski definition) is 1. The number of nitrogens with zero attached hydrogens (tertiary/aromatic N) is 1. The van der Waals surface area contributed by atoms with Crippen molar-refractivity contribution >= 4 is 19.0 Å². The number of benzene rings is 1. The summed E-state index contributed by atoms with van der Waals surface area (Å²) < 4.78 is 0. The monoisotopic (exact) mass is 167 g/mol. The summed E-state index contributed by atoms with van der Waals surface area (Å²) in [6, 6.07) is 7.80. The molecule has 0 aliphatic heterocycles. The molecule has 0 fully saturated rings. The molecule has 4 heteroatoms. The lowest BCUT2D eigenvalue weighted by Gasteiger charge is -2.12. The van der Waals surface area contributed by atoms with Gasteiger partial charge in [-0.3, -0.25) is 0 Å². The summed E-state index contributed by atoms with van der Waals surface area (Å²) in [7, 11) is 9.56. The van der Waals surface area contributed by atoms with Crippen LogP contribution in [0.1, 0.15) is 0 Å². The molecular formula is C8H14BNO2. The third-order valence-electron chi connectivity index (χ3n) is 1.39. The van der Waals surface area contributed by atoms with Crippen molar-refractivity contribution < 1.29 is 11.0 Å². The third kappa shape index (κ3) is 3.41. The Morgan fingerprint density at radius 2 is 1.75 bits per heavy atom. The molecule has 0 heterocycles. The van der Waals surface area contributed by atoms with E-state index < -0.39 is 0 Å². The first kappa shape index (κ1) is 13.6. The maximum absolute atomic E-state index is 5.57. The largest absolute Gasteiger partial charge is 0.412 e. The van der Waals surface area contributed by atoms with E-state index in [1.807, 2.05) is 43.3 Å². The first-order valence-electron chi connectivity index (χ1n) is 3.23. The van der Waals surface area contributed by atoms with E-state index >= 15 is 0 Å². The van der Waals surface area contributed by atoms with Gasteiger partial charge in [0.15, 0.2) is 0 Å². The van der Waals surface area contributed by atoms with Crippen molar-refractivity contribution in [3.63, 3.8) is 0 Å². The van der Waals surface area contributed by atoms with Crippen molar-refractivity contribution in [2.24, 2.45) is 0 Å². The maximum Gasteiger partial charge on any atom is 0.113 e. The molecular weight excluding hydrogens is 153 g/mol. The molecule has 0 aromatic heterocycles. The van der Waals surface area contributed by atoms with Crippen LogP contribution < -0.4 is 10.4 Å². The zero-order valence-corrected chi connectivity index (χ0v) is 7.33. The number of hydrogen-bond donors (Lipinski definition) is 0. The summed E-state index contributed by atoms with van der Waals surface area (Å²) in [6.07, 6.45) is 0. The molecule has 0 saturated carbocycles. The van der Waals surface area contributed by atoms with Gasteiger partial charge in [-0.25, -0.2) is 0 Å². The van der Waals surface area contributed by atoms with Crippen LogP contribution in [0.5, 0.6) is 0 Å². The molecule has 12 heavy (non-hydrogen) atoms. The molecule has 66 valence electrons. The standard InChI is InChI=1S/C8H10BN.2H2O/c1-10(2)8-5-3-4-7(9)6-8;;/h3-6H,1-2H3;2*1H2. The van der Waals surface area contributed by atoms with Crippen LogP contribution >= 0.6 is 0 Å². The summed E-state index contributed by atoms with van der Waals surface area (Å²) in [5.41, 5.74) is 1.95. The predicted molar refractivity (Wildman–Crippen MR) is 53.4 cm³/mol. The van der Waals surface area contributed by atoms with E-state index in [4.69, 9.17) is 7.85 Å². The lowest BCUT2D eigenvalue weighted by Crippen LogP contribution is -2.11. The normalized spacial score (nSPS) is 7.83. The van der Waals surface area contributed by atoms with Gasteiger partial charge in [0.1, 0.15) is 7.85 Å². The van der Waals surface area contributed by atoms with E-state index in [0.29, 0.717) is 0 Å². The minimum absolute atomic E-state index is 0. The maximum atomic E-state index is 5.57. The van der Waals surface area contributed by atoms with Crippen LogP contribution in [0.25, 0.3) is 0 Å². The van der Waals surface area contributed by atoms with Crippen LogP contribution in [-0.4, -0.2) is 32.9 Å². The van der Waals surface area contributed by atoms with E-state index in [2.05, 4.69) is 0 Å². The average molecular weight is 167 g/mol. The van der Waals surface area contributed by atoms with E-state index in [1.54, 1.807) is 0 Å². The van der Waals surface area contributed by atoms with Gasteiger partial charge in [-0.2, -0.15) is 0 Å². The lowest BCUT2D eigenvalue weighted by molar-refractivity contribution is 0.823. The fourth-order valence-electron chi connectivity index (χ4n) is 0.803. The van der Waals surface area contributed by atoms with Crippen molar-refractivity contribution in [3.05, 3.63) is 24.3 Å². The molecule has 0 bridgehead atoms. The summed E-state index contributed by atoms with van der Waals surface area (Å²) in [4.78, 5) is 2.02. The summed E-state index contributed by atoms with van der Waals surface area (Å²) in [6.45, 7) is 0. The molecule has 0 amide bonds. The molecule has 1 aromatic carbocycles. The predicted octanol–water partition coefficient (Wildman–Crippen LogP) is -1.10. The molecule has 3 nitrogen and oxygen atoms in total. The van der Waals surface area contributed by atoms with Crippen LogP contribution in [0, 0.1) is 0 Å². The molecule has 0 unspecified atom stereocenters. The molecule has 0 spiro atoms. The lowest BCUT2D eigenvalue weighted by atomic mass is 9.96. The van der Waals surface area contributed by atoms with Gasteiger partial charge in [-0.1, -0.05) is 17.6 Å². The van der Waals surface area contributed by atoms with Crippen molar-refractivity contribution in [2.45, 2.75) is 0 Å². The van der Waals surface area contributed by atoms with Crippen LogP contribution in [0.15, 0.2) is 24.3 Å². The highest BCUT2D eigenvalue weighted by Gasteiger charge is 1.91. The molecule has 0 aliphatic carbocycles. The van der Waals surface area contributed by atoms with Gasteiger partial charge in [0.25, 0.3) is 0 Å². The Hall–Kier alpha value is -0.995. The SMILES string of the molecule is O.O.[B]c1cccc(N(C)C)c1. The van der Waals surface area contributed by atoms with Crippen molar-refractivity contribution in [1.82, 2.24) is 0 Å². The first-order valence-corrected chi connectivity index (χ1v) is 3.23. The molecule has 1 rings (SSSR count). The van der Waals surface area contributed by atoms with Gasteiger partial charge in [-0.05, 0) is 12.1 Å². The van der Waals surface area contributed by atoms with E-state index in [-0.39, 0.29) is 11.0 Å². The molecule has 0 saturated heterocycles. The van der Waals surface area contributed by atoms with Crippen LogP contribution in [-0.2, 0) is 0 Å². The van der Waals surface area contributed by atoms with E-state index in [1.165, 1.54) is 0 Å². The highest BCUT2D eigenvalue weighted by Crippen LogP contribution is 2.05. The topological polar surface area (TPSA) is 66.2 Å². The molecule has 2 radical (unpaired) electrons. The van der Waals surface area contributed by atoms with Crippen LogP contribution in [0.3, 0.4) is 0 Å². The van der Waals surface area contributed by atoms with Gasteiger partial charge in [-0.15, -0.1) is 0 Å². The zero-order valence-electron chi connectivity index (χ0n) is 7.33. The Bertz CT molecular complexity index is 228. The van der Waals surface area contributed by atoms with Crippen LogP contribution in [0.2, 0.25) is 0 Å². The number of rotatable bonds is 1. The molecule has 4 N–H and O–H groups in total. The van der Waals surface area contributed by atoms with Gasteiger partial charge in [0.05, 0.1) is 0 Å². The van der Waals surface area contributed by atoms with E-state index in [9.17, 15) is 0 Å². The van der Waals surface area contributed by atoms with Gasteiger partial charge >= 0.3 is 0 Å². The van der Waals surface area contributed by atoms with Gasteiger partial charge < -0.3 is 15.9 Å². The van der Waals surface area contributed by atoms with Crippen molar-refractivity contribution in [1.29, 1.82) is 0 Å². The fourth-order valence-corrected chi connectivity index (χ4v) is 0.803. The van der Waals surface area contributed by atoms with Gasteiger partial charge in [0, 0.05) is 19.8 Å². The number of anilines is 1. The Kier molecular flexibility index (Phi) is 6.37. The first-order chi connectivity index (χ1) is 4.70. The molecule has 0 aliphatic rings. The highest BCUT2D eigenvalue weighted by molar-refractivity contribution is 6.32. The van der Waals surface area contributed by atoms with Crippen LogP contribution in [0.4, 0.5) is 5.69 Å². The molecule has 0 atom stereocenters. The summed E-state index contributed by atoms with van der Waals surface area (Å²) in [5.74, 6) is 0. The van der Waals surface area contributed by atoms with Gasteiger partial charge in [0.2, 0.25) is 0 Å². The second-order valence-corrected chi connectivity index (χ2v) is 2.49. The second kappa shape index (κ2) is 5.63. The highest BCUT2D eigenvalue weighted by atomic mass is 16.0. The fraction of sp³-hybridized carbons (Fsp3) is 0.250. The molecule has 1 aromatic rings. The second-order valence-electron chi connectivity index (χ2n) is 2.49. The Balaban J connectivity index is 0. The summed E-state index contributed by atoms with van der Waals surface area (Å²) >= 11 is 0. The average Bonchev–Trinajstić information content (AvgIpc) is 1.88. The smallest absolute Gasteiger partial charge is 0.113 e. The zero-order chi connectivity index (χ0) is 7.56. The van der Waals surface area contributed by atoms with Crippen molar-refractivity contribution in [2.75, 3.05) is 19.0 Å². The quantitative estimate of drug-likeness (QED) is 0.489. The van der Waals surface area contributed by atoms with Crippen molar-refractivity contribution in [3.8, 4) is 0 Å². The third-order valence-corrected chi connectivity index (χ3v) is 1.39. The Labute approximate surface area is 74.0 Å². The Morgan fingerprint density at radius 1 is 1.17 bits per heavy atom. The Morgan fingerprint density at radius 3 is 2.08 bits per heavy atom.